The summed E-state index contributed by atoms with van der Waals surface area (Å²) in [6, 6.07) is 14.5. The summed E-state index contributed by atoms with van der Waals surface area (Å²) in [5.41, 5.74) is 2.98. The Bertz CT molecular complexity index is 672. The van der Waals surface area contributed by atoms with Crippen molar-refractivity contribution in [3.05, 3.63) is 65.5 Å². The molecule has 1 unspecified atom stereocenters. The Labute approximate surface area is 143 Å². The minimum absolute atomic E-state index is 0.00600. The molecule has 0 saturated carbocycles. The number of anilines is 1. The highest BCUT2D eigenvalue weighted by molar-refractivity contribution is 5.88. The fourth-order valence-corrected chi connectivity index (χ4v) is 2.71. The summed E-state index contributed by atoms with van der Waals surface area (Å²) in [4.78, 5) is 11.1. The van der Waals surface area contributed by atoms with Crippen LogP contribution in [0.25, 0.3) is 0 Å². The summed E-state index contributed by atoms with van der Waals surface area (Å²) < 4.78 is 13.2. The summed E-state index contributed by atoms with van der Waals surface area (Å²) in [5.74, 6) is -0.301. The smallest absolute Gasteiger partial charge is 0.221 e. The Morgan fingerprint density at radius 2 is 1.62 bits per heavy atom. The Kier molecular flexibility index (Phi) is 5.73. The van der Waals surface area contributed by atoms with Crippen LogP contribution in [0, 0.1) is 11.2 Å². The van der Waals surface area contributed by atoms with Gasteiger partial charge in [0.1, 0.15) is 5.82 Å². The fourth-order valence-electron chi connectivity index (χ4n) is 2.71. The van der Waals surface area contributed by atoms with Crippen LogP contribution < -0.4 is 10.6 Å². The summed E-state index contributed by atoms with van der Waals surface area (Å²) in [7, 11) is 0. The summed E-state index contributed by atoms with van der Waals surface area (Å²) >= 11 is 0. The van der Waals surface area contributed by atoms with E-state index in [1.54, 1.807) is 0 Å². The first-order valence-corrected chi connectivity index (χ1v) is 8.11. The first-order chi connectivity index (χ1) is 11.3. The molecule has 128 valence electrons. The molecule has 0 aliphatic rings. The fraction of sp³-hybridized carbons (Fsp3) is 0.350. The van der Waals surface area contributed by atoms with Crippen LogP contribution in [0.5, 0.6) is 0 Å². The number of halogens is 1. The molecular formula is C20H25FN2O. The van der Waals surface area contributed by atoms with Gasteiger partial charge in [-0.25, -0.2) is 4.39 Å². The largest absolute Gasteiger partial charge is 0.326 e. The highest BCUT2D eigenvalue weighted by atomic mass is 19.1. The molecule has 2 rings (SSSR count). The molecule has 1 amide bonds. The lowest BCUT2D eigenvalue weighted by molar-refractivity contribution is -0.114. The molecule has 0 aliphatic carbocycles. The molecule has 24 heavy (non-hydrogen) atoms. The summed E-state index contributed by atoms with van der Waals surface area (Å²) in [6.45, 7) is 8.67. The quantitative estimate of drug-likeness (QED) is 0.838. The molecule has 2 N–H and O–H groups in total. The minimum atomic E-state index is -0.222. The molecule has 0 aliphatic heterocycles. The Balaban J connectivity index is 2.08. The van der Waals surface area contributed by atoms with Gasteiger partial charge in [-0.15, -0.1) is 0 Å². The zero-order chi connectivity index (χ0) is 17.7. The van der Waals surface area contributed by atoms with Gasteiger partial charge in [0.25, 0.3) is 0 Å². The number of nitrogens with one attached hydrogen (secondary N) is 2. The van der Waals surface area contributed by atoms with Gasteiger partial charge >= 0.3 is 0 Å². The third-order valence-corrected chi connectivity index (χ3v) is 3.85. The molecule has 0 saturated heterocycles. The number of benzene rings is 2. The van der Waals surface area contributed by atoms with Gasteiger partial charge in [-0.3, -0.25) is 4.79 Å². The lowest BCUT2D eigenvalue weighted by Crippen LogP contribution is -2.32. The topological polar surface area (TPSA) is 41.1 Å². The molecule has 0 radical (unpaired) electrons. The maximum atomic E-state index is 13.2. The number of rotatable bonds is 5. The number of carbonyl (C=O) groups excluding carboxylic acids is 1. The van der Waals surface area contributed by atoms with E-state index in [0.29, 0.717) is 6.54 Å². The summed E-state index contributed by atoms with van der Waals surface area (Å²) in [5, 5.41) is 6.32. The molecular weight excluding hydrogens is 303 g/mol. The number of hydrogen-bond acceptors (Lipinski definition) is 2. The normalized spacial score (nSPS) is 12.7. The highest BCUT2D eigenvalue weighted by Crippen LogP contribution is 2.33. The molecule has 1 atom stereocenters. The van der Waals surface area contributed by atoms with Crippen LogP contribution in [0.4, 0.5) is 10.1 Å². The Morgan fingerprint density at radius 3 is 2.12 bits per heavy atom. The van der Waals surface area contributed by atoms with Gasteiger partial charge in [0.2, 0.25) is 5.91 Å². The van der Waals surface area contributed by atoms with Crippen molar-refractivity contribution in [2.75, 3.05) is 5.32 Å². The van der Waals surface area contributed by atoms with E-state index in [1.807, 2.05) is 36.4 Å². The van der Waals surface area contributed by atoms with Crippen molar-refractivity contribution >= 4 is 11.6 Å². The van der Waals surface area contributed by atoms with Crippen LogP contribution >= 0.6 is 0 Å². The molecule has 0 spiro atoms. The molecule has 2 aromatic carbocycles. The van der Waals surface area contributed by atoms with Crippen molar-refractivity contribution in [1.29, 1.82) is 0 Å². The van der Waals surface area contributed by atoms with E-state index in [1.165, 1.54) is 19.1 Å². The van der Waals surface area contributed by atoms with Crippen molar-refractivity contribution in [2.24, 2.45) is 5.41 Å². The maximum Gasteiger partial charge on any atom is 0.221 e. The zero-order valence-electron chi connectivity index (χ0n) is 14.7. The molecule has 0 heterocycles. The van der Waals surface area contributed by atoms with E-state index in [9.17, 15) is 9.18 Å². The zero-order valence-corrected chi connectivity index (χ0v) is 14.7. The first-order valence-electron chi connectivity index (χ1n) is 8.11. The Hall–Kier alpha value is -2.20. The molecule has 2 aromatic rings. The predicted octanol–water partition coefficient (Wildman–Crippen LogP) is 4.66. The van der Waals surface area contributed by atoms with Gasteiger partial charge < -0.3 is 10.6 Å². The van der Waals surface area contributed by atoms with Crippen LogP contribution in [0.3, 0.4) is 0 Å². The number of hydrogen-bond donors (Lipinski definition) is 2. The second-order valence-electron chi connectivity index (χ2n) is 7.11. The van der Waals surface area contributed by atoms with Crippen molar-refractivity contribution in [3.63, 3.8) is 0 Å². The van der Waals surface area contributed by atoms with Crippen LogP contribution in [0.15, 0.2) is 48.5 Å². The van der Waals surface area contributed by atoms with E-state index in [4.69, 9.17) is 0 Å². The predicted molar refractivity (Wildman–Crippen MR) is 96.2 cm³/mol. The van der Waals surface area contributed by atoms with E-state index < -0.39 is 0 Å². The average Bonchev–Trinajstić information content (AvgIpc) is 2.49. The van der Waals surface area contributed by atoms with Gasteiger partial charge in [0.15, 0.2) is 0 Å². The van der Waals surface area contributed by atoms with E-state index in [0.717, 1.165) is 16.8 Å². The van der Waals surface area contributed by atoms with Crippen LogP contribution in [-0.4, -0.2) is 5.91 Å². The molecule has 3 nitrogen and oxygen atoms in total. The van der Waals surface area contributed by atoms with E-state index in [2.05, 4.69) is 31.4 Å². The third kappa shape index (κ3) is 5.17. The van der Waals surface area contributed by atoms with Crippen molar-refractivity contribution in [1.82, 2.24) is 5.32 Å². The van der Waals surface area contributed by atoms with Gasteiger partial charge in [-0.2, -0.15) is 0 Å². The van der Waals surface area contributed by atoms with Crippen LogP contribution in [0.1, 0.15) is 44.9 Å². The van der Waals surface area contributed by atoms with Gasteiger partial charge in [-0.05, 0) is 40.8 Å². The van der Waals surface area contributed by atoms with Gasteiger partial charge in [-0.1, -0.05) is 45.0 Å². The minimum Gasteiger partial charge on any atom is -0.326 e. The monoisotopic (exact) mass is 328 g/mol. The lowest BCUT2D eigenvalue weighted by Gasteiger charge is -2.32. The number of carbonyl (C=O) groups is 1. The average molecular weight is 328 g/mol. The van der Waals surface area contributed by atoms with E-state index in [-0.39, 0.29) is 23.2 Å². The number of amides is 1. The molecule has 0 bridgehead atoms. The lowest BCUT2D eigenvalue weighted by atomic mass is 9.82. The molecule has 0 fully saturated rings. The SMILES string of the molecule is CC(=O)Nc1ccc(CNC(c2ccc(F)cc2)C(C)(C)C)cc1. The van der Waals surface area contributed by atoms with Crippen LogP contribution in [-0.2, 0) is 11.3 Å². The standard InChI is InChI=1S/C20H25FN2O/c1-14(24)23-18-11-5-15(6-12-18)13-22-19(20(2,3)4)16-7-9-17(21)10-8-16/h5-12,19,22H,13H2,1-4H3,(H,23,24). The second kappa shape index (κ2) is 7.58. The Morgan fingerprint density at radius 1 is 1.04 bits per heavy atom. The van der Waals surface area contributed by atoms with Crippen molar-refractivity contribution in [2.45, 2.75) is 40.3 Å². The van der Waals surface area contributed by atoms with Crippen molar-refractivity contribution < 1.29 is 9.18 Å². The maximum absolute atomic E-state index is 13.2. The molecule has 4 heteroatoms. The second-order valence-corrected chi connectivity index (χ2v) is 7.11. The first kappa shape index (κ1) is 18.1. The van der Waals surface area contributed by atoms with Gasteiger partial charge in [0, 0.05) is 25.2 Å². The van der Waals surface area contributed by atoms with E-state index >= 15 is 0 Å². The van der Waals surface area contributed by atoms with Crippen LogP contribution in [0.2, 0.25) is 0 Å². The summed E-state index contributed by atoms with van der Waals surface area (Å²) in [6.07, 6.45) is 0. The van der Waals surface area contributed by atoms with Crippen molar-refractivity contribution in [3.8, 4) is 0 Å². The molecule has 0 aromatic heterocycles. The third-order valence-electron chi connectivity index (χ3n) is 3.85. The highest BCUT2D eigenvalue weighted by Gasteiger charge is 2.25. The van der Waals surface area contributed by atoms with Gasteiger partial charge in [0.05, 0.1) is 0 Å².